The van der Waals surface area contributed by atoms with Crippen LogP contribution < -0.4 is 5.32 Å². The van der Waals surface area contributed by atoms with Crippen LogP contribution >= 0.6 is 0 Å². The van der Waals surface area contributed by atoms with E-state index in [2.05, 4.69) is 19.2 Å². The van der Waals surface area contributed by atoms with Gasteiger partial charge in [-0.05, 0) is 61.1 Å². The second-order valence-electron chi connectivity index (χ2n) is 6.99. The molecule has 2 aromatic rings. The van der Waals surface area contributed by atoms with E-state index in [0.717, 1.165) is 30.5 Å². The third-order valence-corrected chi connectivity index (χ3v) is 7.08. The maximum Gasteiger partial charge on any atom is 0.255 e. The van der Waals surface area contributed by atoms with E-state index in [9.17, 15) is 13.2 Å². The van der Waals surface area contributed by atoms with E-state index in [4.69, 9.17) is 0 Å². The number of amides is 1. The zero-order valence-electron chi connectivity index (χ0n) is 15.8. The van der Waals surface area contributed by atoms with Gasteiger partial charge in [0.05, 0.1) is 4.90 Å². The van der Waals surface area contributed by atoms with E-state index in [1.807, 2.05) is 24.3 Å². The van der Waals surface area contributed by atoms with Crippen molar-refractivity contribution in [3.63, 3.8) is 0 Å². The molecule has 27 heavy (non-hydrogen) atoms. The minimum absolute atomic E-state index is 0.237. The third-order valence-electron chi connectivity index (χ3n) is 5.17. The van der Waals surface area contributed by atoms with Crippen molar-refractivity contribution in [1.29, 1.82) is 0 Å². The molecule has 1 saturated heterocycles. The molecule has 0 bridgehead atoms. The minimum atomic E-state index is -3.46. The summed E-state index contributed by atoms with van der Waals surface area (Å²) in [6, 6.07) is 14.0. The number of rotatable bonds is 6. The van der Waals surface area contributed by atoms with Crippen molar-refractivity contribution in [3.8, 4) is 0 Å². The molecule has 2 aromatic carbocycles. The number of sulfonamides is 1. The number of nitrogens with zero attached hydrogens (tertiary/aromatic N) is 1. The zero-order valence-corrected chi connectivity index (χ0v) is 16.6. The summed E-state index contributed by atoms with van der Waals surface area (Å²) in [6.07, 6.45) is 2.78. The lowest BCUT2D eigenvalue weighted by Gasteiger charge is -2.17. The molecule has 0 unspecified atom stereocenters. The molecular weight excluding hydrogens is 360 g/mol. The van der Waals surface area contributed by atoms with Gasteiger partial charge < -0.3 is 5.32 Å². The van der Waals surface area contributed by atoms with E-state index in [1.54, 1.807) is 12.1 Å². The lowest BCUT2D eigenvalue weighted by atomic mass is 9.97. The fraction of sp³-hybridized carbons (Fsp3) is 0.381. The molecule has 144 valence electrons. The van der Waals surface area contributed by atoms with Crippen molar-refractivity contribution in [2.45, 2.75) is 43.9 Å². The van der Waals surface area contributed by atoms with Crippen molar-refractivity contribution in [3.05, 3.63) is 59.7 Å². The minimum Gasteiger partial charge on any atom is -0.322 e. The highest BCUT2D eigenvalue weighted by Crippen LogP contribution is 2.27. The highest BCUT2D eigenvalue weighted by atomic mass is 32.2. The monoisotopic (exact) mass is 386 g/mol. The van der Waals surface area contributed by atoms with Crippen LogP contribution in [0.5, 0.6) is 0 Å². The smallest absolute Gasteiger partial charge is 0.255 e. The first-order valence-corrected chi connectivity index (χ1v) is 10.9. The van der Waals surface area contributed by atoms with Crippen LogP contribution in [-0.2, 0) is 10.0 Å². The Balaban J connectivity index is 1.77. The van der Waals surface area contributed by atoms with Crippen LogP contribution in [-0.4, -0.2) is 31.7 Å². The Hall–Kier alpha value is -2.18. The molecule has 5 nitrogen and oxygen atoms in total. The largest absolute Gasteiger partial charge is 0.322 e. The van der Waals surface area contributed by atoms with Crippen LogP contribution in [0.2, 0.25) is 0 Å². The first kappa shape index (κ1) is 19.6. The summed E-state index contributed by atoms with van der Waals surface area (Å²) in [5.74, 6) is 0.102. The van der Waals surface area contributed by atoms with Crippen molar-refractivity contribution < 1.29 is 13.2 Å². The summed E-state index contributed by atoms with van der Waals surface area (Å²) in [5.41, 5.74) is 2.33. The zero-order chi connectivity index (χ0) is 19.4. The molecule has 1 amide bonds. The molecule has 0 saturated carbocycles. The summed E-state index contributed by atoms with van der Waals surface area (Å²) in [7, 11) is -3.46. The molecule has 3 rings (SSSR count). The number of benzene rings is 2. The van der Waals surface area contributed by atoms with Gasteiger partial charge in [-0.3, -0.25) is 4.79 Å². The molecule has 1 atom stereocenters. The van der Waals surface area contributed by atoms with Gasteiger partial charge in [-0.1, -0.05) is 32.0 Å². The van der Waals surface area contributed by atoms with Gasteiger partial charge >= 0.3 is 0 Å². The van der Waals surface area contributed by atoms with Crippen molar-refractivity contribution in [1.82, 2.24) is 4.31 Å². The molecular formula is C21H26N2O3S. The summed E-state index contributed by atoms with van der Waals surface area (Å²) >= 11 is 0. The number of carbonyl (C=O) groups excluding carboxylic acids is 1. The Morgan fingerprint density at radius 1 is 1.07 bits per heavy atom. The summed E-state index contributed by atoms with van der Waals surface area (Å²) in [5, 5.41) is 2.96. The molecule has 1 fully saturated rings. The van der Waals surface area contributed by atoms with Crippen LogP contribution in [0.25, 0.3) is 0 Å². The molecule has 1 aliphatic heterocycles. The lowest BCUT2D eigenvalue weighted by molar-refractivity contribution is 0.102. The molecule has 0 radical (unpaired) electrons. The van der Waals surface area contributed by atoms with Crippen LogP contribution in [0.3, 0.4) is 0 Å². The molecule has 1 aliphatic rings. The second-order valence-corrected chi connectivity index (χ2v) is 8.92. The Bertz CT molecular complexity index is 901. The molecule has 6 heteroatoms. The molecule has 0 spiro atoms. The maximum absolute atomic E-state index is 12.6. The number of carbonyl (C=O) groups is 1. The van der Waals surface area contributed by atoms with Gasteiger partial charge in [0.1, 0.15) is 0 Å². The second kappa shape index (κ2) is 8.23. The number of para-hydroxylation sites is 1. The van der Waals surface area contributed by atoms with Gasteiger partial charge in [0.2, 0.25) is 10.0 Å². The van der Waals surface area contributed by atoms with E-state index in [0.29, 0.717) is 24.6 Å². The first-order chi connectivity index (χ1) is 12.9. The number of hydrogen-bond acceptors (Lipinski definition) is 3. The standard InChI is InChI=1S/C21H26N2O3S/c1-3-16(2)19-8-4-5-9-20(19)22-21(24)17-10-12-18(13-11-17)27(25,26)23-14-6-7-15-23/h4-5,8-13,16H,3,6-7,14-15H2,1-2H3,(H,22,24)/t16-/m0/s1. The lowest BCUT2D eigenvalue weighted by Crippen LogP contribution is -2.27. The van der Waals surface area contributed by atoms with E-state index in [1.165, 1.54) is 16.4 Å². The van der Waals surface area contributed by atoms with Crippen molar-refractivity contribution >= 4 is 21.6 Å². The number of hydrogen-bond donors (Lipinski definition) is 1. The van der Waals surface area contributed by atoms with Crippen molar-refractivity contribution in [2.75, 3.05) is 18.4 Å². The normalized spacial score (nSPS) is 16.2. The predicted molar refractivity (Wildman–Crippen MR) is 108 cm³/mol. The van der Waals surface area contributed by atoms with Gasteiger partial charge in [0, 0.05) is 24.3 Å². The van der Waals surface area contributed by atoms with Gasteiger partial charge in [-0.25, -0.2) is 8.42 Å². The van der Waals surface area contributed by atoms with E-state index >= 15 is 0 Å². The first-order valence-electron chi connectivity index (χ1n) is 9.44. The van der Waals surface area contributed by atoms with Gasteiger partial charge in [0.25, 0.3) is 5.91 Å². The maximum atomic E-state index is 12.6. The topological polar surface area (TPSA) is 66.5 Å². The van der Waals surface area contributed by atoms with Crippen LogP contribution in [0, 0.1) is 0 Å². The third kappa shape index (κ3) is 4.22. The Morgan fingerprint density at radius 2 is 1.70 bits per heavy atom. The fourth-order valence-electron chi connectivity index (χ4n) is 3.31. The molecule has 1 N–H and O–H groups in total. The van der Waals surface area contributed by atoms with Crippen molar-refractivity contribution in [2.24, 2.45) is 0 Å². The summed E-state index contributed by atoms with van der Waals surface area (Å²) in [6.45, 7) is 5.37. The Morgan fingerprint density at radius 3 is 2.33 bits per heavy atom. The molecule has 1 heterocycles. The molecule has 0 aliphatic carbocycles. The van der Waals surface area contributed by atoms with Crippen LogP contribution in [0.15, 0.2) is 53.4 Å². The summed E-state index contributed by atoms with van der Waals surface area (Å²) in [4.78, 5) is 12.9. The van der Waals surface area contributed by atoms with Gasteiger partial charge in [-0.2, -0.15) is 4.31 Å². The number of nitrogens with one attached hydrogen (secondary N) is 1. The highest BCUT2D eigenvalue weighted by Gasteiger charge is 2.27. The number of anilines is 1. The average molecular weight is 387 g/mol. The Labute approximate surface area is 161 Å². The van der Waals surface area contributed by atoms with Crippen LogP contribution in [0.4, 0.5) is 5.69 Å². The van der Waals surface area contributed by atoms with Crippen LogP contribution in [0.1, 0.15) is 54.9 Å². The average Bonchev–Trinajstić information content (AvgIpc) is 3.23. The fourth-order valence-corrected chi connectivity index (χ4v) is 4.83. The predicted octanol–water partition coefficient (Wildman–Crippen LogP) is 4.24. The highest BCUT2D eigenvalue weighted by molar-refractivity contribution is 7.89. The van der Waals surface area contributed by atoms with E-state index < -0.39 is 10.0 Å². The SMILES string of the molecule is CC[C@H](C)c1ccccc1NC(=O)c1ccc(S(=O)(=O)N2CCCC2)cc1. The summed E-state index contributed by atoms with van der Waals surface area (Å²) < 4.78 is 26.7. The Kier molecular flexibility index (Phi) is 5.97. The van der Waals surface area contributed by atoms with Gasteiger partial charge in [0.15, 0.2) is 0 Å². The quantitative estimate of drug-likeness (QED) is 0.808. The van der Waals surface area contributed by atoms with Gasteiger partial charge in [-0.15, -0.1) is 0 Å². The molecule has 0 aromatic heterocycles. The van der Waals surface area contributed by atoms with E-state index in [-0.39, 0.29) is 10.8 Å².